The number of amides is 2. The van der Waals surface area contributed by atoms with Crippen LogP contribution in [0.2, 0.25) is 10.0 Å². The Labute approximate surface area is 162 Å². The van der Waals surface area contributed by atoms with Crippen molar-refractivity contribution in [2.45, 2.75) is 31.8 Å². The van der Waals surface area contributed by atoms with E-state index in [0.717, 1.165) is 24.1 Å². The van der Waals surface area contributed by atoms with Crippen LogP contribution in [0.25, 0.3) is 5.70 Å². The molecule has 2 heterocycles. The molecular formula is C18H20Cl2N4O2. The Morgan fingerprint density at radius 3 is 2.85 bits per heavy atom. The van der Waals surface area contributed by atoms with E-state index in [2.05, 4.69) is 15.6 Å². The third-order valence-electron chi connectivity index (χ3n) is 4.40. The van der Waals surface area contributed by atoms with Crippen LogP contribution in [-0.2, 0) is 9.59 Å². The number of carbonyl (C=O) groups excluding carboxylic acids is 2. The van der Waals surface area contributed by atoms with Crippen LogP contribution in [0.3, 0.4) is 0 Å². The number of aliphatic imine (C=N–C) groups is 1. The van der Waals surface area contributed by atoms with Gasteiger partial charge in [-0.1, -0.05) is 29.3 Å². The van der Waals surface area contributed by atoms with Crippen molar-refractivity contribution in [3.63, 3.8) is 0 Å². The largest absolute Gasteiger partial charge is 0.352 e. The number of carbonyl (C=O) groups is 2. The van der Waals surface area contributed by atoms with Gasteiger partial charge >= 0.3 is 0 Å². The van der Waals surface area contributed by atoms with Gasteiger partial charge in [-0.2, -0.15) is 0 Å². The van der Waals surface area contributed by atoms with Crippen LogP contribution in [0.1, 0.15) is 25.3 Å². The summed E-state index contributed by atoms with van der Waals surface area (Å²) in [7, 11) is 0. The van der Waals surface area contributed by atoms with Crippen molar-refractivity contribution < 1.29 is 9.59 Å². The molecule has 1 saturated heterocycles. The minimum Gasteiger partial charge on any atom is -0.352 e. The Balaban J connectivity index is 1.73. The number of benzene rings is 1. The molecule has 3 rings (SSSR count). The number of likely N-dealkylation sites (tertiary alicyclic amines) is 1. The second-order valence-corrected chi connectivity index (χ2v) is 7.21. The van der Waals surface area contributed by atoms with Crippen molar-refractivity contribution in [1.29, 1.82) is 0 Å². The van der Waals surface area contributed by atoms with Crippen molar-refractivity contribution in [3.8, 4) is 0 Å². The molecule has 2 atom stereocenters. The Bertz CT molecular complexity index is 778. The van der Waals surface area contributed by atoms with E-state index < -0.39 is 6.04 Å². The summed E-state index contributed by atoms with van der Waals surface area (Å²) in [4.78, 5) is 30.1. The predicted molar refractivity (Wildman–Crippen MR) is 103 cm³/mol. The fourth-order valence-electron chi connectivity index (χ4n) is 3.18. The zero-order chi connectivity index (χ0) is 18.7. The first-order chi connectivity index (χ1) is 12.4. The summed E-state index contributed by atoms with van der Waals surface area (Å²) in [6.07, 6.45) is 5.04. The molecule has 138 valence electrons. The summed E-state index contributed by atoms with van der Waals surface area (Å²) < 4.78 is 0. The van der Waals surface area contributed by atoms with Crippen molar-refractivity contribution in [2.24, 2.45) is 4.99 Å². The zero-order valence-electron chi connectivity index (χ0n) is 14.3. The van der Waals surface area contributed by atoms with Gasteiger partial charge in [0.2, 0.25) is 5.91 Å². The first-order valence-corrected chi connectivity index (χ1v) is 9.21. The average Bonchev–Trinajstić information content (AvgIpc) is 2.63. The van der Waals surface area contributed by atoms with E-state index in [9.17, 15) is 9.59 Å². The molecule has 0 radical (unpaired) electrons. The number of hydrogen-bond acceptors (Lipinski definition) is 4. The number of piperidine rings is 1. The van der Waals surface area contributed by atoms with Gasteiger partial charge in [-0.3, -0.25) is 14.6 Å². The maximum atomic E-state index is 12.9. The highest BCUT2D eigenvalue weighted by atomic mass is 35.5. The van der Waals surface area contributed by atoms with Gasteiger partial charge in [0, 0.05) is 31.8 Å². The molecule has 0 aliphatic carbocycles. The monoisotopic (exact) mass is 394 g/mol. The van der Waals surface area contributed by atoms with Gasteiger partial charge in [0.15, 0.2) is 6.04 Å². The smallest absolute Gasteiger partial charge is 0.251 e. The highest BCUT2D eigenvalue weighted by Crippen LogP contribution is 2.26. The third kappa shape index (κ3) is 4.37. The fourth-order valence-corrected chi connectivity index (χ4v) is 3.48. The first-order valence-electron chi connectivity index (χ1n) is 8.45. The molecule has 0 spiro atoms. The Morgan fingerprint density at radius 2 is 2.12 bits per heavy atom. The average molecular weight is 395 g/mol. The molecule has 1 fully saturated rings. The number of nitrogens with one attached hydrogen (secondary N) is 2. The molecule has 0 aromatic heterocycles. The highest BCUT2D eigenvalue weighted by molar-refractivity contribution is 6.42. The molecule has 0 bridgehead atoms. The van der Waals surface area contributed by atoms with Crippen LogP contribution in [0, 0.1) is 0 Å². The van der Waals surface area contributed by atoms with Crippen molar-refractivity contribution in [1.82, 2.24) is 15.5 Å². The summed E-state index contributed by atoms with van der Waals surface area (Å²) in [6.45, 7) is 2.67. The summed E-state index contributed by atoms with van der Waals surface area (Å²) in [6, 6.07) is 4.69. The molecular weight excluding hydrogens is 375 g/mol. The molecule has 0 saturated carbocycles. The van der Waals surface area contributed by atoms with Gasteiger partial charge in [0.25, 0.3) is 5.91 Å². The van der Waals surface area contributed by atoms with Crippen molar-refractivity contribution in [2.75, 3.05) is 13.1 Å². The predicted octanol–water partition coefficient (Wildman–Crippen LogP) is 2.46. The Kier molecular flexibility index (Phi) is 5.84. The van der Waals surface area contributed by atoms with Crippen LogP contribution >= 0.6 is 23.2 Å². The highest BCUT2D eigenvalue weighted by Gasteiger charge is 2.29. The molecule has 1 aromatic carbocycles. The molecule has 2 N–H and O–H groups in total. The van der Waals surface area contributed by atoms with E-state index in [1.54, 1.807) is 23.1 Å². The number of halogens is 2. The van der Waals surface area contributed by atoms with E-state index in [0.29, 0.717) is 23.1 Å². The van der Waals surface area contributed by atoms with E-state index >= 15 is 0 Å². The van der Waals surface area contributed by atoms with E-state index in [1.165, 1.54) is 13.3 Å². The second kappa shape index (κ2) is 8.10. The molecule has 1 aromatic rings. The molecule has 26 heavy (non-hydrogen) atoms. The van der Waals surface area contributed by atoms with Crippen LogP contribution < -0.4 is 10.6 Å². The summed E-state index contributed by atoms with van der Waals surface area (Å²) >= 11 is 12.0. The lowest BCUT2D eigenvalue weighted by atomic mass is 10.0. The van der Waals surface area contributed by atoms with Gasteiger partial charge in [-0.15, -0.1) is 0 Å². The van der Waals surface area contributed by atoms with Crippen molar-refractivity contribution >= 4 is 47.1 Å². The second-order valence-electron chi connectivity index (χ2n) is 6.40. The minimum atomic E-state index is -0.600. The summed E-state index contributed by atoms with van der Waals surface area (Å²) in [5.74, 6) is -0.152. The van der Waals surface area contributed by atoms with Gasteiger partial charge in [-0.05, 0) is 36.6 Å². The molecule has 2 aliphatic heterocycles. The molecule has 8 heteroatoms. The quantitative estimate of drug-likeness (QED) is 0.826. The van der Waals surface area contributed by atoms with Gasteiger partial charge in [0.05, 0.1) is 16.4 Å². The lowest BCUT2D eigenvalue weighted by Crippen LogP contribution is -2.51. The fraction of sp³-hybridized carbons (Fsp3) is 0.389. The van der Waals surface area contributed by atoms with Crippen LogP contribution in [0.4, 0.5) is 0 Å². The standard InChI is InChI=1S/C18H20Cl2N4O2/c1-11(25)23-13-3-2-6-24(9-13)18(26)17-8-16(21-10-22-17)12-4-5-14(19)15(20)7-12/h4-5,7-8,10,13,17H,2-3,6,9H2,1H3,(H,21,22)(H,23,25). The van der Waals surface area contributed by atoms with Crippen LogP contribution in [0.15, 0.2) is 29.3 Å². The number of hydrogen-bond donors (Lipinski definition) is 2. The van der Waals surface area contributed by atoms with E-state index in [-0.39, 0.29) is 17.9 Å². The zero-order valence-corrected chi connectivity index (χ0v) is 15.8. The minimum absolute atomic E-state index is 0.00517. The maximum Gasteiger partial charge on any atom is 0.251 e. The third-order valence-corrected chi connectivity index (χ3v) is 5.14. The summed E-state index contributed by atoms with van der Waals surface area (Å²) in [5.41, 5.74) is 1.59. The van der Waals surface area contributed by atoms with E-state index in [4.69, 9.17) is 23.2 Å². The Morgan fingerprint density at radius 1 is 1.31 bits per heavy atom. The lowest BCUT2D eigenvalue weighted by Gasteiger charge is -2.34. The maximum absolute atomic E-state index is 12.9. The van der Waals surface area contributed by atoms with Gasteiger partial charge in [0.1, 0.15) is 0 Å². The normalized spacial score (nSPS) is 22.4. The number of nitrogens with zero attached hydrogens (tertiary/aromatic N) is 2. The molecule has 6 nitrogen and oxygen atoms in total. The van der Waals surface area contributed by atoms with Crippen LogP contribution in [-0.4, -0.2) is 48.2 Å². The SMILES string of the molecule is CC(=O)NC1CCCN(C(=O)C2C=C(c3ccc(Cl)c(Cl)c3)NC=N2)C1. The van der Waals surface area contributed by atoms with E-state index in [1.807, 2.05) is 6.07 Å². The molecule has 2 aliphatic rings. The lowest BCUT2D eigenvalue weighted by molar-refractivity contribution is -0.133. The molecule has 2 unspecified atom stereocenters. The Hall–Kier alpha value is -2.05. The van der Waals surface area contributed by atoms with Gasteiger partial charge < -0.3 is 15.5 Å². The van der Waals surface area contributed by atoms with Gasteiger partial charge in [-0.25, -0.2) is 0 Å². The molecule has 2 amide bonds. The summed E-state index contributed by atoms with van der Waals surface area (Å²) in [5, 5.41) is 6.86. The van der Waals surface area contributed by atoms with Crippen LogP contribution in [0.5, 0.6) is 0 Å². The van der Waals surface area contributed by atoms with Crippen molar-refractivity contribution in [3.05, 3.63) is 39.9 Å². The first kappa shape index (κ1) is 18.7. The topological polar surface area (TPSA) is 73.8 Å². The number of rotatable bonds is 3.